The molecule has 0 N–H and O–H groups in total. The van der Waals surface area contributed by atoms with Gasteiger partial charge in [0.15, 0.2) is 4.80 Å². The Balaban J connectivity index is 1.64. The molecule has 4 aromatic rings. The van der Waals surface area contributed by atoms with Crippen molar-refractivity contribution >= 4 is 50.6 Å². The fourth-order valence-electron chi connectivity index (χ4n) is 4.70. The Morgan fingerprint density at radius 1 is 1.00 bits per heavy atom. The standard InChI is InChI=1S/C27H18BrClN2OS/c28-19-12-9-17(10-13-19)25-21-14-11-16-5-1-3-7-20(16)24(21)30-27-31(25)26(32)23(33-27)15-18-6-2-4-8-22(18)29/h1-10,12-13,15,25H,11,14H2/b23-15-/t25-/m1/s1. The van der Waals surface area contributed by atoms with Crippen LogP contribution in [0.15, 0.2) is 92.6 Å². The van der Waals surface area contributed by atoms with E-state index in [1.165, 1.54) is 28.0 Å². The zero-order chi connectivity index (χ0) is 22.5. The molecule has 3 aromatic carbocycles. The van der Waals surface area contributed by atoms with Crippen LogP contribution in [-0.2, 0) is 6.42 Å². The Kier molecular flexibility index (Phi) is 5.21. The van der Waals surface area contributed by atoms with Crippen LogP contribution in [0.5, 0.6) is 0 Å². The number of thiazole rings is 1. The second-order valence-corrected chi connectivity index (χ2v) is 10.5. The van der Waals surface area contributed by atoms with Crippen molar-refractivity contribution in [2.45, 2.75) is 18.9 Å². The Hall–Kier alpha value is -2.73. The SMILES string of the molecule is O=c1/c(=C/c2ccccc2Cl)sc2n1[C@H](c1ccc(Br)cc1)C1=C(N=2)c2ccccc2CC1. The van der Waals surface area contributed by atoms with Crippen LogP contribution in [-0.4, -0.2) is 4.57 Å². The summed E-state index contributed by atoms with van der Waals surface area (Å²) in [5.74, 6) is 0. The summed E-state index contributed by atoms with van der Waals surface area (Å²) < 4.78 is 3.52. The van der Waals surface area contributed by atoms with E-state index in [1.54, 1.807) is 0 Å². The minimum absolute atomic E-state index is 0.0306. The van der Waals surface area contributed by atoms with E-state index in [2.05, 4.69) is 52.3 Å². The van der Waals surface area contributed by atoms with Crippen LogP contribution in [0.2, 0.25) is 5.02 Å². The molecule has 6 rings (SSSR count). The lowest BCUT2D eigenvalue weighted by Crippen LogP contribution is -2.38. The lowest BCUT2D eigenvalue weighted by Gasteiger charge is -2.30. The van der Waals surface area contributed by atoms with E-state index >= 15 is 0 Å². The number of nitrogens with zero attached hydrogens (tertiary/aromatic N) is 2. The molecule has 3 nitrogen and oxygen atoms in total. The molecule has 2 heterocycles. The molecule has 0 radical (unpaired) electrons. The summed E-state index contributed by atoms with van der Waals surface area (Å²) in [7, 11) is 0. The van der Waals surface area contributed by atoms with Crippen molar-refractivity contribution in [2.24, 2.45) is 4.99 Å². The molecule has 0 unspecified atom stereocenters. The first-order valence-electron chi connectivity index (χ1n) is 10.7. The topological polar surface area (TPSA) is 34.4 Å². The van der Waals surface area contributed by atoms with Crippen molar-refractivity contribution in [3.05, 3.63) is 130 Å². The van der Waals surface area contributed by atoms with E-state index in [-0.39, 0.29) is 11.6 Å². The van der Waals surface area contributed by atoms with Gasteiger partial charge in [0, 0.05) is 15.1 Å². The molecular formula is C27H18BrClN2OS. The second kappa shape index (κ2) is 8.24. The summed E-state index contributed by atoms with van der Waals surface area (Å²) in [6.45, 7) is 0. The number of hydrogen-bond donors (Lipinski definition) is 0. The quantitative estimate of drug-likeness (QED) is 0.324. The highest BCUT2D eigenvalue weighted by Gasteiger charge is 2.32. The van der Waals surface area contributed by atoms with E-state index in [9.17, 15) is 4.79 Å². The fraction of sp³-hybridized carbons (Fsp3) is 0.111. The first kappa shape index (κ1) is 20.8. The molecular weight excluding hydrogens is 516 g/mol. The minimum atomic E-state index is -0.175. The average Bonchev–Trinajstić information content (AvgIpc) is 3.14. The fourth-order valence-corrected chi connectivity index (χ4v) is 6.15. The van der Waals surface area contributed by atoms with Gasteiger partial charge in [0.2, 0.25) is 0 Å². The molecule has 33 heavy (non-hydrogen) atoms. The Morgan fingerprint density at radius 3 is 2.58 bits per heavy atom. The molecule has 0 spiro atoms. The highest BCUT2D eigenvalue weighted by molar-refractivity contribution is 9.10. The summed E-state index contributed by atoms with van der Waals surface area (Å²) in [6, 6.07) is 24.1. The van der Waals surface area contributed by atoms with Gasteiger partial charge in [-0.15, -0.1) is 0 Å². The smallest absolute Gasteiger partial charge is 0.271 e. The number of aryl methyl sites for hydroxylation is 1. The molecule has 1 atom stereocenters. The van der Waals surface area contributed by atoms with Gasteiger partial charge in [0.05, 0.1) is 16.3 Å². The number of allylic oxidation sites excluding steroid dienone is 1. The van der Waals surface area contributed by atoms with Crippen molar-refractivity contribution in [1.29, 1.82) is 0 Å². The van der Waals surface area contributed by atoms with E-state index in [0.717, 1.165) is 38.9 Å². The Morgan fingerprint density at radius 2 is 1.76 bits per heavy atom. The largest absolute Gasteiger partial charge is 0.272 e. The summed E-state index contributed by atoms with van der Waals surface area (Å²) in [5, 5.41) is 0.626. The maximum atomic E-state index is 13.7. The van der Waals surface area contributed by atoms with Gasteiger partial charge < -0.3 is 0 Å². The van der Waals surface area contributed by atoms with Crippen LogP contribution in [0, 0.1) is 0 Å². The first-order valence-corrected chi connectivity index (χ1v) is 12.7. The monoisotopic (exact) mass is 532 g/mol. The summed E-state index contributed by atoms with van der Waals surface area (Å²) >= 11 is 11.3. The number of benzene rings is 3. The lowest BCUT2D eigenvalue weighted by atomic mass is 9.83. The van der Waals surface area contributed by atoms with Crippen LogP contribution in [0.4, 0.5) is 0 Å². The van der Waals surface area contributed by atoms with E-state index < -0.39 is 0 Å². The van der Waals surface area contributed by atoms with Crippen LogP contribution in [0.1, 0.15) is 34.7 Å². The molecule has 162 valence electrons. The van der Waals surface area contributed by atoms with Crippen molar-refractivity contribution in [2.75, 3.05) is 0 Å². The second-order valence-electron chi connectivity index (χ2n) is 8.19. The average molecular weight is 534 g/mol. The zero-order valence-electron chi connectivity index (χ0n) is 17.5. The van der Waals surface area contributed by atoms with Gasteiger partial charge in [-0.05, 0) is 59.4 Å². The molecule has 0 bridgehead atoms. The van der Waals surface area contributed by atoms with Gasteiger partial charge in [-0.3, -0.25) is 9.36 Å². The normalized spacial score (nSPS) is 17.3. The molecule has 0 fully saturated rings. The van der Waals surface area contributed by atoms with Gasteiger partial charge in [0.1, 0.15) is 0 Å². The molecule has 0 saturated heterocycles. The van der Waals surface area contributed by atoms with Crippen LogP contribution in [0.25, 0.3) is 11.8 Å². The molecule has 1 aliphatic heterocycles. The van der Waals surface area contributed by atoms with Crippen LogP contribution in [0.3, 0.4) is 0 Å². The van der Waals surface area contributed by atoms with Crippen molar-refractivity contribution in [1.82, 2.24) is 4.57 Å². The van der Waals surface area contributed by atoms with Crippen LogP contribution >= 0.6 is 38.9 Å². The summed E-state index contributed by atoms with van der Waals surface area (Å²) in [6.07, 6.45) is 3.70. The van der Waals surface area contributed by atoms with Crippen molar-refractivity contribution in [3.63, 3.8) is 0 Å². The third-order valence-corrected chi connectivity index (χ3v) is 8.11. The van der Waals surface area contributed by atoms with Gasteiger partial charge in [0.25, 0.3) is 5.56 Å². The lowest BCUT2D eigenvalue weighted by molar-refractivity contribution is 0.585. The Bertz CT molecular complexity index is 1620. The summed E-state index contributed by atoms with van der Waals surface area (Å²) in [5.41, 5.74) is 6.58. The highest BCUT2D eigenvalue weighted by Crippen LogP contribution is 2.41. The molecule has 0 saturated carbocycles. The van der Waals surface area contributed by atoms with Crippen molar-refractivity contribution in [3.8, 4) is 0 Å². The molecule has 2 aliphatic rings. The molecule has 6 heteroatoms. The van der Waals surface area contributed by atoms with Gasteiger partial charge in [-0.25, -0.2) is 4.99 Å². The van der Waals surface area contributed by atoms with Crippen LogP contribution < -0.4 is 14.9 Å². The number of rotatable bonds is 2. The van der Waals surface area contributed by atoms with E-state index in [1.807, 2.05) is 47.0 Å². The maximum Gasteiger partial charge on any atom is 0.271 e. The van der Waals surface area contributed by atoms with Gasteiger partial charge >= 0.3 is 0 Å². The van der Waals surface area contributed by atoms with Crippen molar-refractivity contribution < 1.29 is 0 Å². The molecule has 1 aliphatic carbocycles. The third-order valence-electron chi connectivity index (χ3n) is 6.25. The third kappa shape index (κ3) is 3.55. The van der Waals surface area contributed by atoms with E-state index in [4.69, 9.17) is 16.6 Å². The highest BCUT2D eigenvalue weighted by atomic mass is 79.9. The zero-order valence-corrected chi connectivity index (χ0v) is 20.6. The molecule has 1 aromatic heterocycles. The Labute approximate surface area is 208 Å². The number of aromatic nitrogens is 1. The minimum Gasteiger partial charge on any atom is -0.272 e. The predicted molar refractivity (Wildman–Crippen MR) is 138 cm³/mol. The van der Waals surface area contributed by atoms with Gasteiger partial charge in [-0.2, -0.15) is 0 Å². The first-order chi connectivity index (χ1) is 16.1. The van der Waals surface area contributed by atoms with E-state index in [0.29, 0.717) is 9.55 Å². The molecule has 0 amide bonds. The number of hydrogen-bond acceptors (Lipinski definition) is 3. The predicted octanol–water partition coefficient (Wildman–Crippen LogP) is 5.73. The number of halogens is 2. The maximum absolute atomic E-state index is 13.7. The van der Waals surface area contributed by atoms with Gasteiger partial charge in [-0.1, -0.05) is 93.5 Å². The number of fused-ring (bicyclic) bond motifs is 3. The summed E-state index contributed by atoms with van der Waals surface area (Å²) in [4.78, 5) is 19.5.